The van der Waals surface area contributed by atoms with Crippen molar-refractivity contribution in [1.82, 2.24) is 4.98 Å². The average molecular weight is 381 g/mol. The van der Waals surface area contributed by atoms with Crippen molar-refractivity contribution in [3.8, 4) is 22.6 Å². The van der Waals surface area contributed by atoms with E-state index in [1.54, 1.807) is 14.2 Å². The summed E-state index contributed by atoms with van der Waals surface area (Å²) in [5.74, 6) is 1.20. The highest BCUT2D eigenvalue weighted by molar-refractivity contribution is 8.00. The van der Waals surface area contributed by atoms with E-state index in [9.17, 15) is 4.79 Å². The van der Waals surface area contributed by atoms with Crippen LogP contribution in [0.25, 0.3) is 22.0 Å². The quantitative estimate of drug-likeness (QED) is 0.613. The van der Waals surface area contributed by atoms with E-state index in [0.717, 1.165) is 27.1 Å². The number of methoxy groups -OCH3 is 2. The summed E-state index contributed by atoms with van der Waals surface area (Å²) in [4.78, 5) is 16.7. The minimum atomic E-state index is -0.217. The van der Waals surface area contributed by atoms with Crippen LogP contribution in [-0.4, -0.2) is 37.0 Å². The van der Waals surface area contributed by atoms with E-state index in [1.807, 2.05) is 36.4 Å². The van der Waals surface area contributed by atoms with Crippen molar-refractivity contribution in [3.63, 3.8) is 0 Å². The summed E-state index contributed by atoms with van der Waals surface area (Å²) in [5, 5.41) is 1.48. The number of pyridine rings is 1. The number of benzene rings is 2. The van der Waals surface area contributed by atoms with Crippen LogP contribution >= 0.6 is 11.8 Å². The van der Waals surface area contributed by atoms with Crippen LogP contribution in [0.4, 0.5) is 0 Å². The van der Waals surface area contributed by atoms with Crippen LogP contribution in [0, 0.1) is 0 Å². The molecule has 0 radical (unpaired) electrons. The molecule has 5 nitrogen and oxygen atoms in total. The Kier molecular flexibility index (Phi) is 4.90. The van der Waals surface area contributed by atoms with Crippen molar-refractivity contribution in [3.05, 3.63) is 48.5 Å². The molecule has 1 aliphatic heterocycles. The van der Waals surface area contributed by atoms with E-state index in [4.69, 9.17) is 19.2 Å². The first-order valence-electron chi connectivity index (χ1n) is 8.65. The predicted molar refractivity (Wildman–Crippen MR) is 106 cm³/mol. The lowest BCUT2D eigenvalue weighted by atomic mass is 10.0. The van der Waals surface area contributed by atoms with Gasteiger partial charge in [0.15, 0.2) is 0 Å². The summed E-state index contributed by atoms with van der Waals surface area (Å²) in [6.07, 6.45) is 0.700. The van der Waals surface area contributed by atoms with Gasteiger partial charge in [-0.15, -0.1) is 0 Å². The van der Waals surface area contributed by atoms with Gasteiger partial charge in [-0.1, -0.05) is 42.1 Å². The van der Waals surface area contributed by atoms with E-state index in [0.29, 0.717) is 24.5 Å². The highest BCUT2D eigenvalue weighted by Gasteiger charge is 2.28. The monoisotopic (exact) mass is 381 g/mol. The molecule has 1 aliphatic rings. The Hall–Kier alpha value is -2.73. The fourth-order valence-corrected chi connectivity index (χ4v) is 4.20. The van der Waals surface area contributed by atoms with Gasteiger partial charge >= 0.3 is 5.97 Å². The first kappa shape index (κ1) is 17.7. The molecule has 2 aromatic carbocycles. The minimum absolute atomic E-state index is 0.175. The molecule has 0 N–H and O–H groups in total. The highest BCUT2D eigenvalue weighted by atomic mass is 32.2. The van der Waals surface area contributed by atoms with Crippen molar-refractivity contribution in [2.45, 2.75) is 16.7 Å². The van der Waals surface area contributed by atoms with E-state index in [2.05, 4.69) is 12.1 Å². The van der Waals surface area contributed by atoms with Crippen LogP contribution < -0.4 is 9.47 Å². The number of carbonyl (C=O) groups excluding carboxylic acids is 1. The fourth-order valence-electron chi connectivity index (χ4n) is 3.20. The fraction of sp³-hybridized carbons (Fsp3) is 0.238. The SMILES string of the molecule is COc1cc(OC)c2c(-c3ccccc3)cc(S[C@H]3CCOC3=O)nc2c1. The predicted octanol–water partition coefficient (Wildman–Crippen LogP) is 4.33. The van der Waals surface area contributed by atoms with Gasteiger partial charge in [0.2, 0.25) is 0 Å². The summed E-state index contributed by atoms with van der Waals surface area (Å²) < 4.78 is 16.1. The first-order chi connectivity index (χ1) is 13.2. The van der Waals surface area contributed by atoms with E-state index < -0.39 is 0 Å². The zero-order valence-corrected chi connectivity index (χ0v) is 15.9. The molecule has 6 heteroatoms. The van der Waals surface area contributed by atoms with Gasteiger partial charge in [-0.3, -0.25) is 4.79 Å². The number of aromatic nitrogens is 1. The van der Waals surface area contributed by atoms with Gasteiger partial charge in [-0.05, 0) is 17.2 Å². The minimum Gasteiger partial charge on any atom is -0.497 e. The van der Waals surface area contributed by atoms with Gasteiger partial charge in [0, 0.05) is 18.6 Å². The number of nitrogens with zero attached hydrogens (tertiary/aromatic N) is 1. The van der Waals surface area contributed by atoms with Crippen LogP contribution in [0.2, 0.25) is 0 Å². The Morgan fingerprint density at radius 3 is 2.59 bits per heavy atom. The highest BCUT2D eigenvalue weighted by Crippen LogP contribution is 2.40. The molecule has 0 amide bonds. The molecular weight excluding hydrogens is 362 g/mol. The van der Waals surface area contributed by atoms with E-state index >= 15 is 0 Å². The van der Waals surface area contributed by atoms with Gasteiger partial charge in [0.1, 0.15) is 16.7 Å². The molecular formula is C21H19NO4S. The van der Waals surface area contributed by atoms with Crippen LogP contribution in [0.3, 0.4) is 0 Å². The molecule has 0 saturated carbocycles. The number of hydrogen-bond donors (Lipinski definition) is 0. The summed E-state index contributed by atoms with van der Waals surface area (Å²) >= 11 is 1.44. The van der Waals surface area contributed by atoms with Gasteiger partial charge < -0.3 is 14.2 Å². The second kappa shape index (κ2) is 7.48. The molecule has 27 heavy (non-hydrogen) atoms. The lowest BCUT2D eigenvalue weighted by Crippen LogP contribution is -2.09. The molecule has 3 aromatic rings. The third-order valence-corrected chi connectivity index (χ3v) is 5.68. The number of rotatable bonds is 5. The number of fused-ring (bicyclic) bond motifs is 1. The number of thioether (sulfide) groups is 1. The van der Waals surface area contributed by atoms with E-state index in [1.165, 1.54) is 11.8 Å². The molecule has 138 valence electrons. The third-order valence-electron chi connectivity index (χ3n) is 4.51. The number of cyclic esters (lactones) is 1. The molecule has 1 atom stereocenters. The zero-order chi connectivity index (χ0) is 18.8. The lowest BCUT2D eigenvalue weighted by molar-refractivity contribution is -0.137. The average Bonchev–Trinajstić information content (AvgIpc) is 3.11. The molecule has 2 heterocycles. The maximum absolute atomic E-state index is 11.9. The Morgan fingerprint density at radius 2 is 1.93 bits per heavy atom. The normalized spacial score (nSPS) is 16.4. The van der Waals surface area contributed by atoms with Crippen molar-refractivity contribution < 1.29 is 19.0 Å². The topological polar surface area (TPSA) is 57.7 Å². The molecule has 1 aromatic heterocycles. The Labute approximate surface area is 161 Å². The molecule has 1 fully saturated rings. The van der Waals surface area contributed by atoms with Gasteiger partial charge in [-0.25, -0.2) is 4.98 Å². The number of esters is 1. The second-order valence-electron chi connectivity index (χ2n) is 6.16. The number of hydrogen-bond acceptors (Lipinski definition) is 6. The number of carbonyl (C=O) groups is 1. The maximum atomic E-state index is 11.9. The Bertz CT molecular complexity index is 990. The third kappa shape index (κ3) is 3.45. The largest absolute Gasteiger partial charge is 0.497 e. The Morgan fingerprint density at radius 1 is 1.11 bits per heavy atom. The second-order valence-corrected chi connectivity index (χ2v) is 7.38. The zero-order valence-electron chi connectivity index (χ0n) is 15.1. The maximum Gasteiger partial charge on any atom is 0.319 e. The van der Waals surface area contributed by atoms with Crippen molar-refractivity contribution >= 4 is 28.6 Å². The van der Waals surface area contributed by atoms with Crippen LogP contribution in [-0.2, 0) is 9.53 Å². The smallest absolute Gasteiger partial charge is 0.319 e. The lowest BCUT2D eigenvalue weighted by Gasteiger charge is -2.15. The van der Waals surface area contributed by atoms with Gasteiger partial charge in [0.25, 0.3) is 0 Å². The molecule has 0 aliphatic carbocycles. The van der Waals surface area contributed by atoms with Crippen molar-refractivity contribution in [2.24, 2.45) is 0 Å². The molecule has 1 saturated heterocycles. The summed E-state index contributed by atoms with van der Waals surface area (Å²) in [6, 6.07) is 15.9. The van der Waals surface area contributed by atoms with Crippen LogP contribution in [0.5, 0.6) is 11.5 Å². The van der Waals surface area contributed by atoms with E-state index in [-0.39, 0.29) is 11.2 Å². The van der Waals surface area contributed by atoms with Gasteiger partial charge in [-0.2, -0.15) is 0 Å². The molecule has 4 rings (SSSR count). The summed E-state index contributed by atoms with van der Waals surface area (Å²) in [5.41, 5.74) is 2.83. The molecule has 0 spiro atoms. The Balaban J connectivity index is 1.92. The van der Waals surface area contributed by atoms with Crippen molar-refractivity contribution in [2.75, 3.05) is 20.8 Å². The van der Waals surface area contributed by atoms with Crippen molar-refractivity contribution in [1.29, 1.82) is 0 Å². The van der Waals surface area contributed by atoms with Crippen LogP contribution in [0.1, 0.15) is 6.42 Å². The molecule has 0 bridgehead atoms. The van der Waals surface area contributed by atoms with Crippen LogP contribution in [0.15, 0.2) is 53.6 Å². The standard InChI is InChI=1S/C21H19NO4S/c1-24-14-10-16-20(17(11-14)25-2)15(13-6-4-3-5-7-13)12-19(22-16)27-18-8-9-26-21(18)23/h3-7,10-12,18H,8-9H2,1-2H3/t18-/m0/s1. The summed E-state index contributed by atoms with van der Waals surface area (Å²) in [6.45, 7) is 0.470. The summed E-state index contributed by atoms with van der Waals surface area (Å²) in [7, 11) is 3.26. The first-order valence-corrected chi connectivity index (χ1v) is 9.53. The van der Waals surface area contributed by atoms with Gasteiger partial charge in [0.05, 0.1) is 36.8 Å². The molecule has 0 unspecified atom stereocenters. The number of ether oxygens (including phenoxy) is 3.